The second-order valence-corrected chi connectivity index (χ2v) is 9.86. The Hall–Kier alpha value is -2.57. The van der Waals surface area contributed by atoms with Crippen molar-refractivity contribution in [3.63, 3.8) is 0 Å². The van der Waals surface area contributed by atoms with Gasteiger partial charge in [-0.2, -0.15) is 0 Å². The number of hydrogen-bond donors (Lipinski definition) is 2. The normalized spacial score (nSPS) is 18.2. The Bertz CT molecular complexity index is 1120. The maximum atomic E-state index is 12.7. The van der Waals surface area contributed by atoms with Gasteiger partial charge in [-0.15, -0.1) is 0 Å². The van der Waals surface area contributed by atoms with Crippen LogP contribution in [-0.2, 0) is 4.79 Å². The predicted molar refractivity (Wildman–Crippen MR) is 141 cm³/mol. The molecule has 2 N–H and O–H groups in total. The third-order valence-corrected chi connectivity index (χ3v) is 7.20. The molecule has 2 aliphatic rings. The number of pyridine rings is 1. The number of benzene rings is 1. The minimum absolute atomic E-state index is 0.0397. The van der Waals surface area contributed by atoms with E-state index in [0.717, 1.165) is 74.1 Å². The largest absolute Gasteiger partial charge is 0.492 e. The van der Waals surface area contributed by atoms with E-state index in [4.69, 9.17) is 16.3 Å². The van der Waals surface area contributed by atoms with Crippen LogP contribution in [0.5, 0.6) is 5.75 Å². The van der Waals surface area contributed by atoms with E-state index < -0.39 is 0 Å². The van der Waals surface area contributed by atoms with Crippen LogP contribution in [0.2, 0.25) is 5.02 Å². The summed E-state index contributed by atoms with van der Waals surface area (Å²) in [5, 5.41) is 3.52. The van der Waals surface area contributed by atoms with Gasteiger partial charge < -0.3 is 19.9 Å². The lowest BCUT2D eigenvalue weighted by molar-refractivity contribution is -0.119. The van der Waals surface area contributed by atoms with Gasteiger partial charge in [0.25, 0.3) is 5.56 Å². The number of hydrogen-bond acceptors (Lipinski definition) is 4. The summed E-state index contributed by atoms with van der Waals surface area (Å²) < 4.78 is 5.96. The summed E-state index contributed by atoms with van der Waals surface area (Å²) in [7, 11) is 0. The Morgan fingerprint density at radius 2 is 1.91 bits per heavy atom. The van der Waals surface area contributed by atoms with Crippen molar-refractivity contribution in [3.8, 4) is 5.75 Å². The van der Waals surface area contributed by atoms with E-state index in [9.17, 15) is 9.59 Å². The van der Waals surface area contributed by atoms with Crippen molar-refractivity contribution in [1.29, 1.82) is 0 Å². The van der Waals surface area contributed by atoms with Gasteiger partial charge in [0.2, 0.25) is 5.91 Å². The number of halogens is 1. The molecule has 1 aliphatic carbocycles. The van der Waals surface area contributed by atoms with Gasteiger partial charge in [-0.3, -0.25) is 9.59 Å². The molecule has 4 rings (SSSR count). The van der Waals surface area contributed by atoms with Crippen LogP contribution >= 0.6 is 11.6 Å². The topological polar surface area (TPSA) is 74.4 Å². The number of aromatic nitrogens is 1. The van der Waals surface area contributed by atoms with Crippen molar-refractivity contribution in [2.24, 2.45) is 0 Å². The van der Waals surface area contributed by atoms with Crippen molar-refractivity contribution < 1.29 is 9.53 Å². The van der Waals surface area contributed by atoms with Gasteiger partial charge in [0, 0.05) is 29.3 Å². The molecule has 2 heterocycles. The number of carbonyl (C=O) groups is 1. The summed E-state index contributed by atoms with van der Waals surface area (Å²) >= 11 is 6.61. The third kappa shape index (κ3) is 6.77. The molecule has 2 aromatic rings. The van der Waals surface area contributed by atoms with Crippen LogP contribution in [0.15, 0.2) is 41.2 Å². The molecule has 6 nitrogen and oxygen atoms in total. The molecule has 7 heteroatoms. The standard InChI is InChI=1S/C28H36ClN3O3/c1-3-32(4-2)15-5-6-16-35-26-13-9-20(17-24(26)29)23(18-21-10-14-27(33)30-21)25-12-11-22(19-7-8-19)28(34)31-25/h9,11-13,17-19,21H,3-8,10,14-16H2,1-2H3,(H,30,33)(H,31,34)/b23-18+. The molecule has 1 aliphatic heterocycles. The maximum Gasteiger partial charge on any atom is 0.251 e. The molecule has 0 spiro atoms. The predicted octanol–water partition coefficient (Wildman–Crippen LogP) is 5.12. The van der Waals surface area contributed by atoms with Gasteiger partial charge >= 0.3 is 0 Å². The molecule has 1 unspecified atom stereocenters. The number of carbonyl (C=O) groups excluding carboxylic acids is 1. The zero-order valence-corrected chi connectivity index (χ0v) is 21.5. The Kier molecular flexibility index (Phi) is 8.69. The molecule has 0 bridgehead atoms. The lowest BCUT2D eigenvalue weighted by Crippen LogP contribution is -2.24. The van der Waals surface area contributed by atoms with E-state index in [-0.39, 0.29) is 17.5 Å². The number of aromatic amines is 1. The second kappa shape index (κ2) is 11.9. The van der Waals surface area contributed by atoms with Crippen LogP contribution in [0.3, 0.4) is 0 Å². The fourth-order valence-corrected chi connectivity index (χ4v) is 4.84. The number of unbranched alkanes of at least 4 members (excludes halogenated alkanes) is 1. The van der Waals surface area contributed by atoms with Crippen LogP contribution in [0.4, 0.5) is 0 Å². The maximum absolute atomic E-state index is 12.7. The van der Waals surface area contributed by atoms with Crippen molar-refractivity contribution in [2.75, 3.05) is 26.2 Å². The van der Waals surface area contributed by atoms with E-state index in [1.165, 1.54) is 0 Å². The van der Waals surface area contributed by atoms with Gasteiger partial charge in [0.15, 0.2) is 0 Å². The van der Waals surface area contributed by atoms with Crippen LogP contribution in [0.25, 0.3) is 5.57 Å². The molecule has 1 aromatic heterocycles. The minimum atomic E-state index is -0.0791. The first-order valence-corrected chi connectivity index (χ1v) is 13.3. The first kappa shape index (κ1) is 25.5. The number of rotatable bonds is 12. The molecular weight excluding hydrogens is 462 g/mol. The Morgan fingerprint density at radius 1 is 1.11 bits per heavy atom. The van der Waals surface area contributed by atoms with E-state index in [0.29, 0.717) is 29.7 Å². The highest BCUT2D eigenvalue weighted by molar-refractivity contribution is 6.32. The summed E-state index contributed by atoms with van der Waals surface area (Å²) in [5.41, 5.74) is 3.26. The van der Waals surface area contributed by atoms with Gasteiger partial charge in [-0.05, 0) is 81.4 Å². The number of ether oxygens (including phenoxy) is 1. The number of H-pyrrole nitrogens is 1. The summed E-state index contributed by atoms with van der Waals surface area (Å²) in [6, 6.07) is 9.55. The second-order valence-electron chi connectivity index (χ2n) is 9.45. The summed E-state index contributed by atoms with van der Waals surface area (Å²) in [5.74, 6) is 1.09. The van der Waals surface area contributed by atoms with E-state index >= 15 is 0 Å². The molecular formula is C28H36ClN3O3. The van der Waals surface area contributed by atoms with E-state index in [2.05, 4.69) is 29.0 Å². The number of nitrogens with one attached hydrogen (secondary N) is 2. The third-order valence-electron chi connectivity index (χ3n) is 6.91. The zero-order valence-electron chi connectivity index (χ0n) is 20.7. The van der Waals surface area contributed by atoms with Crippen molar-refractivity contribution in [2.45, 2.75) is 64.3 Å². The van der Waals surface area contributed by atoms with Crippen molar-refractivity contribution in [3.05, 3.63) is 68.6 Å². The van der Waals surface area contributed by atoms with E-state index in [1.807, 2.05) is 36.4 Å². The van der Waals surface area contributed by atoms with Crippen LogP contribution in [0.1, 0.15) is 75.1 Å². The SMILES string of the molecule is CCN(CC)CCCCOc1ccc(/C(=C\C2CCC(=O)N2)c2ccc(C3CC3)c(=O)[nH]2)cc1Cl. The number of amides is 1. The van der Waals surface area contributed by atoms with Gasteiger partial charge in [0.1, 0.15) is 5.75 Å². The lowest BCUT2D eigenvalue weighted by Gasteiger charge is -2.17. The summed E-state index contributed by atoms with van der Waals surface area (Å²) in [6.07, 6.45) is 7.46. The lowest BCUT2D eigenvalue weighted by atomic mass is 9.98. The Labute approximate surface area is 212 Å². The van der Waals surface area contributed by atoms with Crippen molar-refractivity contribution in [1.82, 2.24) is 15.2 Å². The molecule has 1 saturated carbocycles. The fraction of sp³-hybridized carbons (Fsp3) is 0.500. The van der Waals surface area contributed by atoms with Gasteiger partial charge in [-0.25, -0.2) is 0 Å². The first-order chi connectivity index (χ1) is 17.0. The monoisotopic (exact) mass is 497 g/mol. The zero-order chi connectivity index (χ0) is 24.8. The fourth-order valence-electron chi connectivity index (χ4n) is 4.61. The first-order valence-electron chi connectivity index (χ1n) is 12.9. The molecule has 1 aromatic carbocycles. The highest BCUT2D eigenvalue weighted by atomic mass is 35.5. The average molecular weight is 498 g/mol. The quantitative estimate of drug-likeness (QED) is 0.399. The van der Waals surface area contributed by atoms with Gasteiger partial charge in [0.05, 0.1) is 11.6 Å². The van der Waals surface area contributed by atoms with Gasteiger partial charge in [-0.1, -0.05) is 43.7 Å². The summed E-state index contributed by atoms with van der Waals surface area (Å²) in [4.78, 5) is 30.0. The molecule has 1 saturated heterocycles. The average Bonchev–Trinajstić information content (AvgIpc) is 3.61. The highest BCUT2D eigenvalue weighted by Gasteiger charge is 2.27. The van der Waals surface area contributed by atoms with E-state index in [1.54, 1.807) is 0 Å². The Balaban J connectivity index is 1.50. The highest BCUT2D eigenvalue weighted by Crippen LogP contribution is 2.38. The minimum Gasteiger partial charge on any atom is -0.492 e. The smallest absolute Gasteiger partial charge is 0.251 e. The van der Waals surface area contributed by atoms with Crippen molar-refractivity contribution >= 4 is 23.1 Å². The molecule has 2 fully saturated rings. The molecule has 1 atom stereocenters. The molecule has 188 valence electrons. The molecule has 35 heavy (non-hydrogen) atoms. The van der Waals surface area contributed by atoms with Crippen LogP contribution < -0.4 is 15.6 Å². The molecule has 0 radical (unpaired) electrons. The Morgan fingerprint density at radius 3 is 2.54 bits per heavy atom. The number of nitrogens with zero attached hydrogens (tertiary/aromatic N) is 1. The van der Waals surface area contributed by atoms with Crippen LogP contribution in [-0.4, -0.2) is 48.1 Å². The van der Waals surface area contributed by atoms with Crippen LogP contribution in [0, 0.1) is 0 Å². The molecule has 1 amide bonds. The summed E-state index contributed by atoms with van der Waals surface area (Å²) in [6.45, 7) is 8.20.